The van der Waals surface area contributed by atoms with Crippen molar-refractivity contribution in [2.75, 3.05) is 38.0 Å². The van der Waals surface area contributed by atoms with Crippen LogP contribution in [0, 0.1) is 11.3 Å². The molecular formula is C16H20N4O. The first-order valence-electron chi connectivity index (χ1n) is 7.51. The zero-order valence-electron chi connectivity index (χ0n) is 12.1. The summed E-state index contributed by atoms with van der Waals surface area (Å²) in [5.41, 5.74) is 1.10. The summed E-state index contributed by atoms with van der Waals surface area (Å²) in [5, 5.41) is 11.9. The van der Waals surface area contributed by atoms with E-state index in [1.54, 1.807) is 18.2 Å². The third-order valence-electron chi connectivity index (χ3n) is 4.16. The van der Waals surface area contributed by atoms with Crippen LogP contribution in [0.3, 0.4) is 0 Å². The van der Waals surface area contributed by atoms with Crippen molar-refractivity contribution in [1.82, 2.24) is 9.80 Å². The maximum atomic E-state index is 12.1. The number of nitrogens with one attached hydrogen (secondary N) is 1. The summed E-state index contributed by atoms with van der Waals surface area (Å²) < 4.78 is 0. The van der Waals surface area contributed by atoms with Gasteiger partial charge >= 0.3 is 0 Å². The number of para-hydroxylation sites is 1. The van der Waals surface area contributed by atoms with Gasteiger partial charge in [-0.3, -0.25) is 14.6 Å². The van der Waals surface area contributed by atoms with Crippen LogP contribution in [0.2, 0.25) is 0 Å². The first-order valence-corrected chi connectivity index (χ1v) is 7.51. The van der Waals surface area contributed by atoms with Gasteiger partial charge in [0.1, 0.15) is 6.07 Å². The quantitative estimate of drug-likeness (QED) is 0.905. The minimum absolute atomic E-state index is 0.0439. The molecule has 0 unspecified atom stereocenters. The molecule has 1 aliphatic heterocycles. The minimum Gasteiger partial charge on any atom is -0.324 e. The van der Waals surface area contributed by atoms with Gasteiger partial charge in [-0.15, -0.1) is 0 Å². The zero-order chi connectivity index (χ0) is 14.7. The molecule has 0 radical (unpaired) electrons. The number of anilines is 1. The van der Waals surface area contributed by atoms with Gasteiger partial charge in [0.25, 0.3) is 0 Å². The van der Waals surface area contributed by atoms with E-state index >= 15 is 0 Å². The van der Waals surface area contributed by atoms with Crippen LogP contribution in [0.1, 0.15) is 18.4 Å². The number of hydrogen-bond acceptors (Lipinski definition) is 4. The fourth-order valence-corrected chi connectivity index (χ4v) is 2.81. The summed E-state index contributed by atoms with van der Waals surface area (Å²) in [7, 11) is 0. The normalized spacial score (nSPS) is 20.0. The van der Waals surface area contributed by atoms with Gasteiger partial charge in [0, 0.05) is 32.2 Å². The van der Waals surface area contributed by atoms with E-state index in [0.717, 1.165) is 32.2 Å². The summed E-state index contributed by atoms with van der Waals surface area (Å²) in [6.07, 6.45) is 2.68. The van der Waals surface area contributed by atoms with Crippen molar-refractivity contribution >= 4 is 11.6 Å². The number of carbonyl (C=O) groups is 1. The third kappa shape index (κ3) is 3.60. The predicted molar refractivity (Wildman–Crippen MR) is 80.8 cm³/mol. The largest absolute Gasteiger partial charge is 0.324 e. The van der Waals surface area contributed by atoms with Crippen LogP contribution in [0.5, 0.6) is 0 Å². The number of carbonyl (C=O) groups excluding carboxylic acids is 1. The van der Waals surface area contributed by atoms with Gasteiger partial charge < -0.3 is 5.32 Å². The molecular weight excluding hydrogens is 264 g/mol. The zero-order valence-corrected chi connectivity index (χ0v) is 12.1. The van der Waals surface area contributed by atoms with Crippen molar-refractivity contribution in [3.05, 3.63) is 29.8 Å². The topological polar surface area (TPSA) is 59.4 Å². The highest BCUT2D eigenvalue weighted by molar-refractivity contribution is 5.93. The fraction of sp³-hybridized carbons (Fsp3) is 0.500. The molecule has 1 N–H and O–H groups in total. The number of benzene rings is 1. The molecule has 1 amide bonds. The summed E-state index contributed by atoms with van der Waals surface area (Å²) in [4.78, 5) is 16.8. The Morgan fingerprint density at radius 3 is 2.62 bits per heavy atom. The van der Waals surface area contributed by atoms with Gasteiger partial charge in [-0.1, -0.05) is 12.1 Å². The molecule has 5 heteroatoms. The number of hydrogen-bond donors (Lipinski definition) is 1. The van der Waals surface area contributed by atoms with Gasteiger partial charge in [0.2, 0.25) is 5.91 Å². The summed E-state index contributed by atoms with van der Waals surface area (Å²) in [6, 6.07) is 10.0. The van der Waals surface area contributed by atoms with Crippen LogP contribution in [-0.4, -0.2) is 54.5 Å². The van der Waals surface area contributed by atoms with Crippen LogP contribution >= 0.6 is 0 Å². The molecule has 5 nitrogen and oxygen atoms in total. The summed E-state index contributed by atoms with van der Waals surface area (Å²) >= 11 is 0. The van der Waals surface area contributed by atoms with E-state index in [9.17, 15) is 4.79 Å². The Balaban J connectivity index is 1.49. The molecule has 0 spiro atoms. The van der Waals surface area contributed by atoms with Gasteiger partial charge in [0.05, 0.1) is 17.8 Å². The molecule has 1 aromatic rings. The fourth-order valence-electron chi connectivity index (χ4n) is 2.81. The highest BCUT2D eigenvalue weighted by Crippen LogP contribution is 2.27. The van der Waals surface area contributed by atoms with E-state index < -0.39 is 0 Å². The average Bonchev–Trinajstić information content (AvgIpc) is 3.33. The van der Waals surface area contributed by atoms with Gasteiger partial charge in [0.15, 0.2) is 0 Å². The van der Waals surface area contributed by atoms with E-state index in [4.69, 9.17) is 5.26 Å². The van der Waals surface area contributed by atoms with Crippen molar-refractivity contribution in [3.8, 4) is 6.07 Å². The van der Waals surface area contributed by atoms with Gasteiger partial charge in [-0.05, 0) is 25.0 Å². The molecule has 21 heavy (non-hydrogen) atoms. The van der Waals surface area contributed by atoms with E-state index in [-0.39, 0.29) is 5.91 Å². The summed E-state index contributed by atoms with van der Waals surface area (Å²) in [5.74, 6) is -0.0439. The van der Waals surface area contributed by atoms with Crippen molar-refractivity contribution < 1.29 is 4.79 Å². The van der Waals surface area contributed by atoms with Crippen LogP contribution in [0.15, 0.2) is 24.3 Å². The first-order chi connectivity index (χ1) is 10.3. The Kier molecular flexibility index (Phi) is 4.18. The molecule has 2 aliphatic rings. The monoisotopic (exact) mass is 284 g/mol. The number of nitrogens with zero attached hydrogens (tertiary/aromatic N) is 3. The first kappa shape index (κ1) is 14.1. The molecule has 110 valence electrons. The summed E-state index contributed by atoms with van der Waals surface area (Å²) in [6.45, 7) is 4.42. The van der Waals surface area contributed by atoms with E-state index in [0.29, 0.717) is 17.8 Å². The van der Waals surface area contributed by atoms with E-state index in [1.807, 2.05) is 6.07 Å². The van der Waals surface area contributed by atoms with Crippen LogP contribution < -0.4 is 5.32 Å². The number of amides is 1. The highest BCUT2D eigenvalue weighted by atomic mass is 16.2. The van der Waals surface area contributed by atoms with Crippen molar-refractivity contribution in [2.45, 2.75) is 18.9 Å². The van der Waals surface area contributed by atoms with Crippen LogP contribution in [-0.2, 0) is 4.79 Å². The molecule has 0 atom stereocenters. The molecule has 1 aromatic carbocycles. The number of nitriles is 1. The Hall–Kier alpha value is -1.90. The molecule has 1 saturated carbocycles. The van der Waals surface area contributed by atoms with Crippen molar-refractivity contribution in [2.24, 2.45) is 0 Å². The molecule has 0 aromatic heterocycles. The molecule has 1 saturated heterocycles. The lowest BCUT2D eigenvalue weighted by atomic mass is 10.2. The van der Waals surface area contributed by atoms with Gasteiger partial charge in [-0.2, -0.15) is 5.26 Å². The SMILES string of the molecule is N#Cc1ccccc1NC(=O)CN1CCN(C2CC2)CC1. The second-order valence-electron chi connectivity index (χ2n) is 5.75. The average molecular weight is 284 g/mol. The standard InChI is InChI=1S/C16H20N4O/c17-11-13-3-1-2-4-15(13)18-16(21)12-19-7-9-20(10-8-19)14-5-6-14/h1-4,14H,5-10,12H2,(H,18,21). The maximum Gasteiger partial charge on any atom is 0.238 e. The van der Waals surface area contributed by atoms with Crippen LogP contribution in [0.25, 0.3) is 0 Å². The second-order valence-corrected chi connectivity index (χ2v) is 5.75. The van der Waals surface area contributed by atoms with Crippen molar-refractivity contribution in [3.63, 3.8) is 0 Å². The smallest absolute Gasteiger partial charge is 0.238 e. The van der Waals surface area contributed by atoms with Crippen LogP contribution in [0.4, 0.5) is 5.69 Å². The predicted octanol–water partition coefficient (Wildman–Crippen LogP) is 1.28. The Morgan fingerprint density at radius 1 is 1.24 bits per heavy atom. The molecule has 2 fully saturated rings. The molecule has 1 aliphatic carbocycles. The highest BCUT2D eigenvalue weighted by Gasteiger charge is 2.31. The lowest BCUT2D eigenvalue weighted by molar-refractivity contribution is -0.117. The minimum atomic E-state index is -0.0439. The second kappa shape index (κ2) is 6.25. The molecule has 1 heterocycles. The Bertz CT molecular complexity index is 554. The molecule has 3 rings (SSSR count). The number of piperazine rings is 1. The van der Waals surface area contributed by atoms with Gasteiger partial charge in [-0.25, -0.2) is 0 Å². The Labute approximate surface area is 125 Å². The Morgan fingerprint density at radius 2 is 1.95 bits per heavy atom. The van der Waals surface area contributed by atoms with Crippen molar-refractivity contribution in [1.29, 1.82) is 5.26 Å². The maximum absolute atomic E-state index is 12.1. The van der Waals surface area contributed by atoms with E-state index in [1.165, 1.54) is 12.8 Å². The number of rotatable bonds is 4. The van der Waals surface area contributed by atoms with E-state index in [2.05, 4.69) is 21.2 Å². The molecule has 0 bridgehead atoms. The lowest BCUT2D eigenvalue weighted by Crippen LogP contribution is -2.49. The lowest BCUT2D eigenvalue weighted by Gasteiger charge is -2.34. The third-order valence-corrected chi connectivity index (χ3v) is 4.16.